The minimum atomic E-state index is -1.95. The molecule has 6 rings (SSSR count). The van der Waals surface area contributed by atoms with Crippen LogP contribution in [0.25, 0.3) is 0 Å². The number of benzene rings is 2. The normalized spacial score (nSPS) is 25.1. The van der Waals surface area contributed by atoms with Crippen LogP contribution in [0.4, 0.5) is 4.79 Å². The lowest BCUT2D eigenvalue weighted by atomic mass is 9.96. The second kappa shape index (κ2) is 29.0. The lowest BCUT2D eigenvalue weighted by Crippen LogP contribution is -2.66. The van der Waals surface area contributed by atoms with Gasteiger partial charge in [0.15, 0.2) is 18.5 Å². The van der Waals surface area contributed by atoms with E-state index in [0.29, 0.717) is 12.1 Å². The van der Waals surface area contributed by atoms with Crippen LogP contribution in [-0.2, 0) is 51.2 Å². The van der Waals surface area contributed by atoms with Crippen LogP contribution in [0.1, 0.15) is 57.9 Å². The zero-order chi connectivity index (χ0) is 58.4. The number of aliphatic hydroxyl groups excluding tert-OH is 4. The van der Waals surface area contributed by atoms with Crippen LogP contribution in [0.3, 0.4) is 0 Å². The zero-order valence-electron chi connectivity index (χ0n) is 45.0. The van der Waals surface area contributed by atoms with Crippen LogP contribution in [0.15, 0.2) is 87.5 Å². The molecule has 4 amide bonds. The Morgan fingerprint density at radius 3 is 2.12 bits per heavy atom. The maximum Gasteiger partial charge on any atom is 0.330 e. The van der Waals surface area contributed by atoms with Gasteiger partial charge >= 0.3 is 23.7 Å². The number of methoxy groups -OCH3 is 1. The molecule has 2 aromatic carbocycles. The van der Waals surface area contributed by atoms with Crippen molar-refractivity contribution in [3.05, 3.63) is 105 Å². The average molecular weight is 1130 g/mol. The number of carboxylic acids is 2. The van der Waals surface area contributed by atoms with Gasteiger partial charge in [0.2, 0.25) is 11.8 Å². The SMILES string of the molecule is CO[C@H]1C(OC(C(C(=O)O)N(CCCNC(=O)C(NC(=O)C(NC(=O)NC(C(=O)O)C(C)C)C2CCN=C(N)N2)C(O)C(C)C)Cc2ccccc2)[C@H]2O[C@@H](n3ccc(=O)[nH]c3=O)[C@H](O)[C@@H]2O)O[C@H](CNCc2ccccc2)[C@H]1O. The Labute approximate surface area is 460 Å². The van der Waals surface area contributed by atoms with Crippen molar-refractivity contribution in [2.75, 3.05) is 33.3 Å². The first-order chi connectivity index (χ1) is 38.1. The number of H-pyrrole nitrogens is 1. The third-order valence-electron chi connectivity index (χ3n) is 14.1. The molecule has 0 radical (unpaired) electrons. The van der Waals surface area contributed by atoms with Gasteiger partial charge in [-0.3, -0.25) is 38.6 Å². The lowest BCUT2D eigenvalue weighted by molar-refractivity contribution is -0.239. The molecule has 80 heavy (non-hydrogen) atoms. The van der Waals surface area contributed by atoms with Gasteiger partial charge in [-0.1, -0.05) is 88.4 Å². The van der Waals surface area contributed by atoms with Gasteiger partial charge < -0.3 is 87.2 Å². The Morgan fingerprint density at radius 1 is 0.850 bits per heavy atom. The first-order valence-corrected chi connectivity index (χ1v) is 26.3. The molecule has 3 aliphatic heterocycles. The number of carbonyl (C=O) groups is 5. The number of hydrogen-bond donors (Lipinski definition) is 14. The van der Waals surface area contributed by atoms with Crippen LogP contribution < -0.4 is 48.9 Å². The number of urea groups is 1. The molecule has 0 saturated carbocycles. The van der Waals surface area contributed by atoms with Crippen LogP contribution >= 0.6 is 0 Å². The molecule has 28 heteroatoms. The molecule has 15 N–H and O–H groups in total. The third-order valence-corrected chi connectivity index (χ3v) is 14.1. The molecule has 15 atom stereocenters. The number of guanidine groups is 1. The number of aliphatic hydroxyl groups is 4. The van der Waals surface area contributed by atoms with Crippen LogP contribution in [0, 0.1) is 11.8 Å². The maximum absolute atomic E-state index is 14.2. The summed E-state index contributed by atoms with van der Waals surface area (Å²) in [6, 6.07) is 10.8. The summed E-state index contributed by atoms with van der Waals surface area (Å²) in [6.45, 7) is 6.51. The molecule has 0 spiro atoms. The Kier molecular flexibility index (Phi) is 22.6. The quantitative estimate of drug-likeness (QED) is 0.0319. The lowest BCUT2D eigenvalue weighted by Gasteiger charge is -2.39. The highest BCUT2D eigenvalue weighted by molar-refractivity contribution is 5.94. The number of aliphatic carboxylic acids is 2. The van der Waals surface area contributed by atoms with Gasteiger partial charge in [0.25, 0.3) is 5.56 Å². The number of ether oxygens (including phenoxy) is 4. The predicted octanol–water partition coefficient (Wildman–Crippen LogP) is -3.15. The van der Waals surface area contributed by atoms with Gasteiger partial charge in [0.1, 0.15) is 66.9 Å². The molecule has 28 nitrogen and oxygen atoms in total. The molecule has 1 aromatic heterocycles. The Balaban J connectivity index is 1.27. The predicted molar refractivity (Wildman–Crippen MR) is 284 cm³/mol. The number of aromatic amines is 1. The largest absolute Gasteiger partial charge is 0.480 e. The summed E-state index contributed by atoms with van der Waals surface area (Å²) in [7, 11) is 1.28. The second-order valence-corrected chi connectivity index (χ2v) is 20.5. The van der Waals surface area contributed by atoms with Crippen molar-refractivity contribution in [3.8, 4) is 0 Å². The van der Waals surface area contributed by atoms with Gasteiger partial charge in [-0.25, -0.2) is 14.4 Å². The van der Waals surface area contributed by atoms with E-state index in [1.165, 1.54) is 12.0 Å². The van der Waals surface area contributed by atoms with E-state index in [-0.39, 0.29) is 51.5 Å². The number of hydrogen-bond acceptors (Lipinski definition) is 20. The highest BCUT2D eigenvalue weighted by Crippen LogP contribution is 2.36. The third kappa shape index (κ3) is 16.2. The number of amides is 4. The van der Waals surface area contributed by atoms with Gasteiger partial charge in [-0.2, -0.15) is 0 Å². The van der Waals surface area contributed by atoms with E-state index in [4.69, 9.17) is 24.7 Å². The van der Waals surface area contributed by atoms with E-state index in [9.17, 15) is 64.2 Å². The number of carboxylic acid groups (broad SMARTS) is 2. The Morgan fingerprint density at radius 2 is 1.52 bits per heavy atom. The molecule has 0 bridgehead atoms. The van der Waals surface area contributed by atoms with E-state index in [2.05, 4.69) is 41.9 Å². The number of carbonyl (C=O) groups excluding carboxylic acids is 3. The van der Waals surface area contributed by atoms with E-state index >= 15 is 0 Å². The van der Waals surface area contributed by atoms with Crippen LogP contribution in [-0.4, -0.2) is 199 Å². The zero-order valence-corrected chi connectivity index (χ0v) is 45.0. The standard InChI is InChI=1S/C52H75N11O17/c1-26(2)33(47(71)72)60-51(75)61-34(30-17-20-56-50(53)57-30)45(70)59-35(37(65)27(3)4)44(69)55-19-12-21-62(25-29-15-10-7-11-16-29)36(48(73)74)41(42-39(67)40(68)46(79-42)63-22-18-32(64)58-52(63)76)80-49-43(77-5)38(66)31(78-49)24-54-23-28-13-8-6-9-14-28/h6-11,13-16,18,22,26-27,30-31,33-43,46,49,54,65-68H,12,17,19-21,23-25H2,1-5H3,(H,55,69)(H,59,70)(H,71,72)(H,73,74)(H3,53,56,57)(H,58,64,76)(H2,60,61,75)/t30?,31-,33?,34?,35?,36?,37?,38-,39+,40-,41?,42+,43-,46-,49?/m1/s1. The molecular weight excluding hydrogens is 1050 g/mol. The average Bonchev–Trinajstić information content (AvgIpc) is 3.93. The number of nitrogens with zero attached hydrogens (tertiary/aromatic N) is 3. The number of nitrogens with one attached hydrogen (secondary N) is 7. The van der Waals surface area contributed by atoms with Crippen molar-refractivity contribution in [1.29, 1.82) is 0 Å². The van der Waals surface area contributed by atoms with E-state index in [0.717, 1.165) is 22.4 Å². The van der Waals surface area contributed by atoms with Crippen molar-refractivity contribution in [3.63, 3.8) is 0 Å². The summed E-state index contributed by atoms with van der Waals surface area (Å²) in [5.41, 5.74) is 5.69. The maximum atomic E-state index is 14.2. The van der Waals surface area contributed by atoms with Gasteiger partial charge in [0.05, 0.1) is 12.1 Å². The molecule has 0 aliphatic carbocycles. The van der Waals surface area contributed by atoms with Crippen molar-refractivity contribution in [2.45, 2.75) is 145 Å². The fourth-order valence-electron chi connectivity index (χ4n) is 9.73. The molecule has 2 saturated heterocycles. The van der Waals surface area contributed by atoms with E-state index in [1.54, 1.807) is 58.0 Å². The topological polar surface area (TPSA) is 412 Å². The molecule has 8 unspecified atom stereocenters. The summed E-state index contributed by atoms with van der Waals surface area (Å²) < 4.78 is 25.4. The number of nitrogens with two attached hydrogens (primary N) is 1. The number of aromatic nitrogens is 2. The number of rotatable bonds is 28. The number of aliphatic imine (C=N–C) groups is 1. The van der Waals surface area contributed by atoms with E-state index in [1.807, 2.05) is 30.3 Å². The molecule has 3 aromatic rings. The van der Waals surface area contributed by atoms with Gasteiger partial charge in [-0.05, 0) is 35.8 Å². The molecule has 4 heterocycles. The molecule has 3 aliphatic rings. The Bertz CT molecular complexity index is 2680. The van der Waals surface area contributed by atoms with Crippen LogP contribution in [0.2, 0.25) is 0 Å². The summed E-state index contributed by atoms with van der Waals surface area (Å²) in [6.07, 6.45) is -14.5. The highest BCUT2D eigenvalue weighted by atomic mass is 16.7. The Hall–Kier alpha value is -6.86. The fourth-order valence-corrected chi connectivity index (χ4v) is 9.73. The minimum Gasteiger partial charge on any atom is -0.480 e. The molecular formula is C52H75N11O17. The van der Waals surface area contributed by atoms with Gasteiger partial charge in [-0.15, -0.1) is 0 Å². The first kappa shape index (κ1) is 62.3. The van der Waals surface area contributed by atoms with Crippen molar-refractivity contribution >= 4 is 35.7 Å². The molecule has 2 fully saturated rings. The van der Waals surface area contributed by atoms with Gasteiger partial charge in [0, 0.05) is 58.6 Å². The highest BCUT2D eigenvalue weighted by Gasteiger charge is 2.55. The van der Waals surface area contributed by atoms with Crippen molar-refractivity contribution in [2.24, 2.45) is 22.6 Å². The van der Waals surface area contributed by atoms with Crippen molar-refractivity contribution in [1.82, 2.24) is 46.4 Å². The van der Waals surface area contributed by atoms with Crippen molar-refractivity contribution < 1.29 is 73.6 Å². The summed E-state index contributed by atoms with van der Waals surface area (Å²) >= 11 is 0. The monoisotopic (exact) mass is 1130 g/mol. The van der Waals surface area contributed by atoms with Crippen LogP contribution in [0.5, 0.6) is 0 Å². The second-order valence-electron chi connectivity index (χ2n) is 20.5. The molecule has 440 valence electrons. The first-order valence-electron chi connectivity index (χ1n) is 26.3. The fraction of sp³-hybridized carbons (Fsp3) is 0.577. The summed E-state index contributed by atoms with van der Waals surface area (Å²) in [5.74, 6) is -5.85. The summed E-state index contributed by atoms with van der Waals surface area (Å²) in [4.78, 5) is 100. The minimum absolute atomic E-state index is 0.0241. The smallest absolute Gasteiger partial charge is 0.330 e. The summed E-state index contributed by atoms with van der Waals surface area (Å²) in [5, 5.41) is 83.4. The van der Waals surface area contributed by atoms with E-state index < -0.39 is 144 Å².